The van der Waals surface area contributed by atoms with Crippen molar-refractivity contribution in [2.45, 2.75) is 13.1 Å². The van der Waals surface area contributed by atoms with Gasteiger partial charge in [-0.15, -0.1) is 0 Å². The van der Waals surface area contributed by atoms with Gasteiger partial charge in [0.1, 0.15) is 12.3 Å². The van der Waals surface area contributed by atoms with Crippen molar-refractivity contribution in [3.05, 3.63) is 94.4 Å². The summed E-state index contributed by atoms with van der Waals surface area (Å²) < 4.78 is 11.5. The molecule has 0 aliphatic rings. The van der Waals surface area contributed by atoms with Crippen molar-refractivity contribution in [1.29, 1.82) is 0 Å². The molecular formula is C24H25BrN2O4. The molecule has 0 unspecified atom stereocenters. The number of methoxy groups -OCH3 is 1. The molecule has 1 aromatic heterocycles. The molecule has 6 nitrogen and oxygen atoms in total. The SMILES string of the molecule is COCCN(CC(=O)N(Cc1ccccc1)Cc1ccco1)C(=O)c1ccc(Br)cc1. The highest BCUT2D eigenvalue weighted by Crippen LogP contribution is 2.15. The van der Waals surface area contributed by atoms with Crippen molar-refractivity contribution in [2.75, 3.05) is 26.8 Å². The number of furan rings is 1. The fourth-order valence-electron chi connectivity index (χ4n) is 3.12. The van der Waals surface area contributed by atoms with Crippen molar-refractivity contribution in [3.63, 3.8) is 0 Å². The first-order valence-corrected chi connectivity index (χ1v) is 10.7. The van der Waals surface area contributed by atoms with Crippen molar-refractivity contribution in [1.82, 2.24) is 9.80 Å². The maximum absolute atomic E-state index is 13.3. The van der Waals surface area contributed by atoms with Crippen LogP contribution in [0.5, 0.6) is 0 Å². The first-order chi connectivity index (χ1) is 15.1. The zero-order valence-corrected chi connectivity index (χ0v) is 19.0. The predicted octanol–water partition coefficient (Wildman–Crippen LogP) is 4.36. The first-order valence-electron chi connectivity index (χ1n) is 9.94. The van der Waals surface area contributed by atoms with Crippen molar-refractivity contribution in [3.8, 4) is 0 Å². The van der Waals surface area contributed by atoms with Gasteiger partial charge in [0.25, 0.3) is 5.91 Å². The number of ether oxygens (including phenoxy) is 1. The van der Waals surface area contributed by atoms with Gasteiger partial charge in [-0.25, -0.2) is 0 Å². The minimum Gasteiger partial charge on any atom is -0.467 e. The zero-order chi connectivity index (χ0) is 22.1. The second-order valence-corrected chi connectivity index (χ2v) is 7.96. The summed E-state index contributed by atoms with van der Waals surface area (Å²) in [5.74, 6) is 0.310. The average molecular weight is 485 g/mol. The van der Waals surface area contributed by atoms with E-state index in [0.717, 1.165) is 10.0 Å². The summed E-state index contributed by atoms with van der Waals surface area (Å²) in [5, 5.41) is 0. The van der Waals surface area contributed by atoms with Gasteiger partial charge in [-0.2, -0.15) is 0 Å². The Labute approximate surface area is 190 Å². The lowest BCUT2D eigenvalue weighted by Crippen LogP contribution is -2.43. The Kier molecular flexibility index (Phi) is 8.44. The predicted molar refractivity (Wildman–Crippen MR) is 121 cm³/mol. The van der Waals surface area contributed by atoms with Gasteiger partial charge in [-0.1, -0.05) is 46.3 Å². The molecule has 0 aliphatic heterocycles. The van der Waals surface area contributed by atoms with E-state index in [9.17, 15) is 9.59 Å². The molecule has 3 aromatic rings. The van der Waals surface area contributed by atoms with E-state index in [1.54, 1.807) is 36.5 Å². The molecule has 3 rings (SSSR count). The largest absolute Gasteiger partial charge is 0.467 e. The Balaban J connectivity index is 1.77. The summed E-state index contributed by atoms with van der Waals surface area (Å²) in [6.07, 6.45) is 1.59. The van der Waals surface area contributed by atoms with Crippen LogP contribution in [0, 0.1) is 0 Å². The van der Waals surface area contributed by atoms with Crippen LogP contribution in [0.3, 0.4) is 0 Å². The molecule has 7 heteroatoms. The number of benzene rings is 2. The highest BCUT2D eigenvalue weighted by molar-refractivity contribution is 9.10. The van der Waals surface area contributed by atoms with E-state index < -0.39 is 0 Å². The minimum atomic E-state index is -0.212. The van der Waals surface area contributed by atoms with Crippen LogP contribution < -0.4 is 0 Å². The smallest absolute Gasteiger partial charge is 0.254 e. The molecule has 1 heterocycles. The van der Waals surface area contributed by atoms with Crippen LogP contribution in [0.2, 0.25) is 0 Å². The van der Waals surface area contributed by atoms with E-state index in [4.69, 9.17) is 9.15 Å². The summed E-state index contributed by atoms with van der Waals surface area (Å²) >= 11 is 3.38. The standard InChI is InChI=1S/C24H25BrN2O4/c1-30-15-13-26(24(29)20-9-11-21(25)12-10-20)18-23(28)27(17-22-8-5-14-31-22)16-19-6-3-2-4-7-19/h2-12,14H,13,15-18H2,1H3. The fourth-order valence-corrected chi connectivity index (χ4v) is 3.38. The maximum atomic E-state index is 13.3. The van der Waals surface area contributed by atoms with Crippen molar-refractivity contribution in [2.24, 2.45) is 0 Å². The highest BCUT2D eigenvalue weighted by Gasteiger charge is 2.23. The monoisotopic (exact) mass is 484 g/mol. The van der Waals surface area contributed by atoms with Gasteiger partial charge in [-0.3, -0.25) is 9.59 Å². The maximum Gasteiger partial charge on any atom is 0.254 e. The lowest BCUT2D eigenvalue weighted by atomic mass is 10.2. The molecular weight excluding hydrogens is 460 g/mol. The topological polar surface area (TPSA) is 63.0 Å². The van der Waals surface area contributed by atoms with Gasteiger partial charge in [0.2, 0.25) is 5.91 Å². The van der Waals surface area contributed by atoms with E-state index >= 15 is 0 Å². The quantitative estimate of drug-likeness (QED) is 0.428. The number of amides is 2. The molecule has 2 aromatic carbocycles. The molecule has 2 amide bonds. The lowest BCUT2D eigenvalue weighted by Gasteiger charge is -2.27. The van der Waals surface area contributed by atoms with Crippen molar-refractivity contribution < 1.29 is 18.7 Å². The van der Waals surface area contributed by atoms with Gasteiger partial charge < -0.3 is 19.0 Å². The molecule has 0 spiro atoms. The number of carbonyl (C=O) groups is 2. The first kappa shape index (κ1) is 22.8. The molecule has 0 bridgehead atoms. The molecule has 0 saturated carbocycles. The van der Waals surface area contributed by atoms with Gasteiger partial charge in [0, 0.05) is 30.2 Å². The second kappa shape index (κ2) is 11.5. The van der Waals surface area contributed by atoms with E-state index in [0.29, 0.717) is 37.6 Å². The van der Waals surface area contributed by atoms with Crippen LogP contribution in [0.1, 0.15) is 21.7 Å². The summed E-state index contributed by atoms with van der Waals surface area (Å²) in [7, 11) is 1.57. The van der Waals surface area contributed by atoms with Gasteiger partial charge >= 0.3 is 0 Å². The highest BCUT2D eigenvalue weighted by atomic mass is 79.9. The second-order valence-electron chi connectivity index (χ2n) is 7.04. The molecule has 31 heavy (non-hydrogen) atoms. The van der Waals surface area contributed by atoms with Crippen molar-refractivity contribution >= 4 is 27.7 Å². The van der Waals surface area contributed by atoms with Gasteiger partial charge in [0.15, 0.2) is 0 Å². The number of hydrogen-bond acceptors (Lipinski definition) is 4. The third-order valence-corrected chi connectivity index (χ3v) is 5.29. The molecule has 0 fully saturated rings. The normalized spacial score (nSPS) is 10.6. The van der Waals surface area contributed by atoms with E-state index in [2.05, 4.69) is 15.9 Å². The molecule has 0 atom stereocenters. The zero-order valence-electron chi connectivity index (χ0n) is 17.4. The van der Waals surface area contributed by atoms with Crippen LogP contribution in [0.15, 0.2) is 81.9 Å². The third kappa shape index (κ3) is 6.80. The van der Waals surface area contributed by atoms with E-state index in [-0.39, 0.29) is 18.4 Å². The van der Waals surface area contributed by atoms with Crippen LogP contribution in [0.25, 0.3) is 0 Å². The summed E-state index contributed by atoms with van der Waals surface area (Å²) in [4.78, 5) is 29.6. The Bertz CT molecular complexity index is 959. The van der Waals surface area contributed by atoms with Crippen LogP contribution in [-0.2, 0) is 22.6 Å². The van der Waals surface area contributed by atoms with Crippen LogP contribution in [0.4, 0.5) is 0 Å². The molecule has 0 aliphatic carbocycles. The molecule has 0 radical (unpaired) electrons. The van der Waals surface area contributed by atoms with Crippen LogP contribution in [-0.4, -0.2) is 48.4 Å². The number of halogens is 1. The number of rotatable bonds is 10. The summed E-state index contributed by atoms with van der Waals surface area (Å²) in [6, 6.07) is 20.5. The summed E-state index contributed by atoms with van der Waals surface area (Å²) in [6.45, 7) is 1.35. The summed E-state index contributed by atoms with van der Waals surface area (Å²) in [5.41, 5.74) is 1.53. The number of carbonyl (C=O) groups excluding carboxylic acids is 2. The fraction of sp³-hybridized carbons (Fsp3) is 0.250. The number of hydrogen-bond donors (Lipinski definition) is 0. The van der Waals surface area contributed by atoms with E-state index in [1.807, 2.05) is 48.5 Å². The lowest BCUT2D eigenvalue weighted by molar-refractivity contribution is -0.133. The average Bonchev–Trinajstić information content (AvgIpc) is 3.30. The Morgan fingerprint density at radius 2 is 1.68 bits per heavy atom. The Morgan fingerprint density at radius 3 is 2.32 bits per heavy atom. The molecule has 162 valence electrons. The minimum absolute atomic E-state index is 0.0498. The van der Waals surface area contributed by atoms with Gasteiger partial charge in [-0.05, 0) is 42.0 Å². The molecule has 0 saturated heterocycles. The number of nitrogens with zero attached hydrogens (tertiary/aromatic N) is 2. The van der Waals surface area contributed by atoms with E-state index in [1.165, 1.54) is 4.90 Å². The third-order valence-electron chi connectivity index (χ3n) is 4.77. The molecule has 0 N–H and O–H groups in total. The Morgan fingerprint density at radius 1 is 0.935 bits per heavy atom. The van der Waals surface area contributed by atoms with Gasteiger partial charge in [0.05, 0.1) is 19.4 Å². The van der Waals surface area contributed by atoms with Crippen LogP contribution >= 0.6 is 15.9 Å². The Hall–Kier alpha value is -2.90.